The number of pyridine rings is 1. The summed E-state index contributed by atoms with van der Waals surface area (Å²) in [6.07, 6.45) is 1.99. The van der Waals surface area contributed by atoms with Gasteiger partial charge in [0.1, 0.15) is 15.9 Å². The van der Waals surface area contributed by atoms with Gasteiger partial charge < -0.3 is 10.6 Å². The van der Waals surface area contributed by atoms with Crippen molar-refractivity contribution in [3.63, 3.8) is 0 Å². The number of rotatable bonds is 3. The molecule has 2 N–H and O–H groups in total. The standard InChI is InChI=1S/C25H18N4OS/c26-13-14-6-8-17(9-7-14)23-28-21-20-18(15-4-2-1-3-5-15)12-19(16-10-11-16)27-25(20)31-22(21)24(30)29-23/h1-9,12,16,23,28H,10-11H2,(H,29,30)/t23-/m1/s1. The van der Waals surface area contributed by atoms with Crippen molar-refractivity contribution < 1.29 is 4.79 Å². The van der Waals surface area contributed by atoms with Gasteiger partial charge in [-0.15, -0.1) is 11.3 Å². The number of thiophene rings is 1. The first kappa shape index (κ1) is 18.1. The minimum Gasteiger partial charge on any atom is -0.360 e. The number of hydrogen-bond donors (Lipinski definition) is 2. The molecule has 150 valence electrons. The van der Waals surface area contributed by atoms with Crippen LogP contribution in [-0.2, 0) is 0 Å². The molecule has 5 nitrogen and oxygen atoms in total. The summed E-state index contributed by atoms with van der Waals surface area (Å²) in [5.41, 5.74) is 5.70. The van der Waals surface area contributed by atoms with E-state index in [4.69, 9.17) is 10.2 Å². The molecule has 0 saturated heterocycles. The van der Waals surface area contributed by atoms with E-state index in [0.29, 0.717) is 16.4 Å². The van der Waals surface area contributed by atoms with Crippen LogP contribution in [-0.4, -0.2) is 10.9 Å². The van der Waals surface area contributed by atoms with Crippen molar-refractivity contribution in [3.05, 3.63) is 82.4 Å². The molecule has 1 aliphatic heterocycles. The van der Waals surface area contributed by atoms with E-state index >= 15 is 0 Å². The van der Waals surface area contributed by atoms with Crippen molar-refractivity contribution in [2.45, 2.75) is 24.9 Å². The molecule has 0 unspecified atom stereocenters. The molecule has 2 aromatic heterocycles. The van der Waals surface area contributed by atoms with Crippen molar-refractivity contribution in [1.29, 1.82) is 5.26 Å². The van der Waals surface area contributed by atoms with Crippen LogP contribution in [0, 0.1) is 11.3 Å². The third-order valence-corrected chi connectivity index (χ3v) is 6.99. The first-order valence-electron chi connectivity index (χ1n) is 10.3. The maximum Gasteiger partial charge on any atom is 0.265 e. The molecule has 31 heavy (non-hydrogen) atoms. The van der Waals surface area contributed by atoms with Crippen molar-refractivity contribution in [2.75, 3.05) is 5.32 Å². The Morgan fingerprint density at radius 2 is 1.81 bits per heavy atom. The van der Waals surface area contributed by atoms with Crippen molar-refractivity contribution in [3.8, 4) is 17.2 Å². The quantitative estimate of drug-likeness (QED) is 0.453. The average molecular weight is 423 g/mol. The molecule has 3 heterocycles. The van der Waals surface area contributed by atoms with E-state index in [-0.39, 0.29) is 12.1 Å². The van der Waals surface area contributed by atoms with E-state index in [9.17, 15) is 4.79 Å². The van der Waals surface area contributed by atoms with Gasteiger partial charge in [0.25, 0.3) is 5.91 Å². The summed E-state index contributed by atoms with van der Waals surface area (Å²) in [5.74, 6) is 0.428. The number of carbonyl (C=O) groups excluding carboxylic acids is 1. The number of fused-ring (bicyclic) bond motifs is 3. The Balaban J connectivity index is 1.52. The summed E-state index contributed by atoms with van der Waals surface area (Å²) in [4.78, 5) is 19.5. The molecule has 1 fully saturated rings. The Bertz CT molecular complexity index is 1360. The Morgan fingerprint density at radius 1 is 1.03 bits per heavy atom. The predicted molar refractivity (Wildman–Crippen MR) is 122 cm³/mol. The lowest BCUT2D eigenvalue weighted by Crippen LogP contribution is -2.37. The van der Waals surface area contributed by atoms with Crippen LogP contribution in [0.15, 0.2) is 60.7 Å². The lowest BCUT2D eigenvalue weighted by Gasteiger charge is -2.26. The molecule has 1 amide bonds. The molecule has 2 aliphatic rings. The number of hydrogen-bond acceptors (Lipinski definition) is 5. The summed E-state index contributed by atoms with van der Waals surface area (Å²) in [6.45, 7) is 0. The summed E-state index contributed by atoms with van der Waals surface area (Å²) in [5, 5.41) is 16.6. The van der Waals surface area contributed by atoms with Crippen LogP contribution < -0.4 is 10.6 Å². The smallest absolute Gasteiger partial charge is 0.265 e. The zero-order chi connectivity index (χ0) is 20.9. The van der Waals surface area contributed by atoms with Gasteiger partial charge in [0.15, 0.2) is 0 Å². The van der Waals surface area contributed by atoms with Crippen LogP contribution in [0.5, 0.6) is 0 Å². The molecule has 1 aliphatic carbocycles. The fourth-order valence-corrected chi connectivity index (χ4v) is 5.22. The highest BCUT2D eigenvalue weighted by Gasteiger charge is 2.32. The summed E-state index contributed by atoms with van der Waals surface area (Å²) >= 11 is 1.45. The fraction of sp³-hybridized carbons (Fsp3) is 0.160. The molecule has 0 bridgehead atoms. The topological polar surface area (TPSA) is 77.8 Å². The zero-order valence-electron chi connectivity index (χ0n) is 16.6. The van der Waals surface area contributed by atoms with Crippen LogP contribution in [0.1, 0.15) is 51.4 Å². The van der Waals surface area contributed by atoms with Gasteiger partial charge >= 0.3 is 0 Å². The summed E-state index contributed by atoms with van der Waals surface area (Å²) in [7, 11) is 0. The number of nitriles is 1. The van der Waals surface area contributed by atoms with Crippen LogP contribution in [0.3, 0.4) is 0 Å². The molecular formula is C25H18N4OS. The minimum absolute atomic E-state index is 0.0990. The van der Waals surface area contributed by atoms with E-state index in [1.54, 1.807) is 12.1 Å². The van der Waals surface area contributed by atoms with Gasteiger partial charge in [-0.1, -0.05) is 42.5 Å². The SMILES string of the molecule is N#Cc1ccc([C@H]2NC(=O)c3sc4nc(C5CC5)cc(-c5ccccc5)c4c3N2)cc1. The predicted octanol–water partition coefficient (Wildman–Crippen LogP) is 5.57. The molecule has 0 spiro atoms. The van der Waals surface area contributed by atoms with Crippen molar-refractivity contribution in [1.82, 2.24) is 10.3 Å². The van der Waals surface area contributed by atoms with Crippen molar-refractivity contribution in [2.24, 2.45) is 0 Å². The monoisotopic (exact) mass is 422 g/mol. The normalized spacial score (nSPS) is 17.5. The van der Waals surface area contributed by atoms with E-state index < -0.39 is 0 Å². The largest absolute Gasteiger partial charge is 0.360 e. The van der Waals surface area contributed by atoms with Crippen LogP contribution >= 0.6 is 11.3 Å². The molecule has 1 saturated carbocycles. The second-order valence-corrected chi connectivity index (χ2v) is 9.01. The maximum atomic E-state index is 13.0. The molecule has 1 atom stereocenters. The van der Waals surface area contributed by atoms with Gasteiger partial charge in [0.2, 0.25) is 0 Å². The second-order valence-electron chi connectivity index (χ2n) is 8.01. The number of carbonyl (C=O) groups is 1. The number of amides is 1. The summed E-state index contributed by atoms with van der Waals surface area (Å²) < 4.78 is 0. The van der Waals surface area contributed by atoms with Gasteiger partial charge in [-0.05, 0) is 47.7 Å². The number of nitrogens with zero attached hydrogens (tertiary/aromatic N) is 2. The van der Waals surface area contributed by atoms with Gasteiger partial charge in [0.05, 0.1) is 17.3 Å². The van der Waals surface area contributed by atoms with Gasteiger partial charge in [-0.3, -0.25) is 4.79 Å². The minimum atomic E-state index is -0.364. The van der Waals surface area contributed by atoms with Gasteiger partial charge in [-0.25, -0.2) is 4.98 Å². The van der Waals surface area contributed by atoms with Gasteiger partial charge in [-0.2, -0.15) is 5.26 Å². The fourth-order valence-electron chi connectivity index (χ4n) is 4.14. The third kappa shape index (κ3) is 3.06. The number of nitrogens with one attached hydrogen (secondary N) is 2. The van der Waals surface area contributed by atoms with Crippen LogP contribution in [0.4, 0.5) is 5.69 Å². The Labute approximate surface area is 183 Å². The highest BCUT2D eigenvalue weighted by molar-refractivity contribution is 7.21. The first-order chi connectivity index (χ1) is 15.2. The van der Waals surface area contributed by atoms with Gasteiger partial charge in [0, 0.05) is 17.0 Å². The number of benzene rings is 2. The lowest BCUT2D eigenvalue weighted by atomic mass is 9.99. The Morgan fingerprint density at radius 3 is 2.52 bits per heavy atom. The zero-order valence-corrected chi connectivity index (χ0v) is 17.4. The van der Waals surface area contributed by atoms with E-state index in [2.05, 4.69) is 34.9 Å². The maximum absolute atomic E-state index is 13.0. The van der Waals surface area contributed by atoms with Crippen LogP contribution in [0.2, 0.25) is 0 Å². The first-order valence-corrected chi connectivity index (χ1v) is 11.1. The third-order valence-electron chi connectivity index (χ3n) is 5.91. The molecule has 0 radical (unpaired) electrons. The molecular weight excluding hydrogens is 404 g/mol. The molecule has 6 heteroatoms. The van der Waals surface area contributed by atoms with Crippen molar-refractivity contribution >= 4 is 33.1 Å². The van der Waals surface area contributed by atoms with Crippen LogP contribution in [0.25, 0.3) is 21.3 Å². The van der Waals surface area contributed by atoms with E-state index in [0.717, 1.165) is 38.3 Å². The molecule has 2 aromatic carbocycles. The Kier molecular flexibility index (Phi) is 4.05. The lowest BCUT2D eigenvalue weighted by molar-refractivity contribution is 0.0940. The average Bonchev–Trinajstić information content (AvgIpc) is 3.60. The molecule has 4 aromatic rings. The Hall–Kier alpha value is -3.69. The summed E-state index contributed by atoms with van der Waals surface area (Å²) in [6, 6.07) is 21.9. The second kappa shape index (κ2) is 6.93. The molecule has 6 rings (SSSR count). The highest BCUT2D eigenvalue weighted by Crippen LogP contribution is 2.47. The highest BCUT2D eigenvalue weighted by atomic mass is 32.1. The van der Waals surface area contributed by atoms with E-state index in [1.165, 1.54) is 24.2 Å². The number of anilines is 1. The number of aromatic nitrogens is 1. The van der Waals surface area contributed by atoms with E-state index in [1.807, 2.05) is 30.3 Å².